The van der Waals surface area contributed by atoms with E-state index < -0.39 is 37.4 Å². The molecule has 0 atom stereocenters. The lowest BCUT2D eigenvalue weighted by Gasteiger charge is -2.06. The van der Waals surface area contributed by atoms with Gasteiger partial charge in [-0.1, -0.05) is 0 Å². The van der Waals surface area contributed by atoms with Crippen LogP contribution in [0.25, 0.3) is 0 Å². The molecule has 0 radical (unpaired) electrons. The van der Waals surface area contributed by atoms with Gasteiger partial charge in [0.2, 0.25) is 10.0 Å². The molecule has 1 aromatic carbocycles. The van der Waals surface area contributed by atoms with Gasteiger partial charge in [-0.3, -0.25) is 14.9 Å². The summed E-state index contributed by atoms with van der Waals surface area (Å²) in [6.07, 6.45) is 0. The minimum atomic E-state index is -4.14. The summed E-state index contributed by atoms with van der Waals surface area (Å²) in [6.45, 7) is 1.44. The molecule has 0 spiro atoms. The number of hydrogen-bond acceptors (Lipinski definition) is 7. The Labute approximate surface area is 119 Å². The van der Waals surface area contributed by atoms with Gasteiger partial charge in [0.25, 0.3) is 5.69 Å². The van der Waals surface area contributed by atoms with Crippen molar-refractivity contribution in [2.75, 3.05) is 11.9 Å². The number of nitro groups is 1. The second-order valence-electron chi connectivity index (χ2n) is 3.66. The van der Waals surface area contributed by atoms with Crippen LogP contribution in [0.1, 0.15) is 6.92 Å². The predicted octanol–water partition coefficient (Wildman–Crippen LogP) is -0.256. The zero-order valence-electron chi connectivity index (χ0n) is 10.7. The summed E-state index contributed by atoms with van der Waals surface area (Å²) in [4.78, 5) is 32.0. The first-order chi connectivity index (χ1) is 9.66. The van der Waals surface area contributed by atoms with E-state index in [0.717, 1.165) is 12.1 Å². The van der Waals surface area contributed by atoms with Crippen molar-refractivity contribution in [2.45, 2.75) is 11.8 Å². The maximum atomic E-state index is 11.4. The van der Waals surface area contributed by atoms with Gasteiger partial charge in [0.05, 0.1) is 16.4 Å². The third kappa shape index (κ3) is 4.22. The Morgan fingerprint density at radius 1 is 1.43 bits per heavy atom. The molecule has 0 aliphatic heterocycles. The van der Waals surface area contributed by atoms with E-state index in [4.69, 9.17) is 5.14 Å². The van der Waals surface area contributed by atoms with Crippen molar-refractivity contribution >= 4 is 33.3 Å². The van der Waals surface area contributed by atoms with Crippen LogP contribution in [0.4, 0.5) is 11.4 Å². The van der Waals surface area contributed by atoms with E-state index in [0.29, 0.717) is 6.07 Å². The largest absolute Gasteiger partial charge is 0.459 e. The fraction of sp³-hybridized carbons (Fsp3) is 0.200. The standard InChI is InChI=1S/C10H11N3O7S/c1-2-20-10(15)9(14)12-7-4-3-6(21(11,18)19)5-8(7)13(16)17/h3-5H,2H2,1H3,(H,12,14)(H2,11,18,19). The van der Waals surface area contributed by atoms with Crippen LogP contribution in [0.15, 0.2) is 23.1 Å². The highest BCUT2D eigenvalue weighted by molar-refractivity contribution is 7.89. The van der Waals surface area contributed by atoms with Crippen LogP contribution in [-0.4, -0.2) is 31.8 Å². The minimum absolute atomic E-state index is 0.0430. The SMILES string of the molecule is CCOC(=O)C(=O)Nc1ccc(S(N)(=O)=O)cc1[N+](=O)[O-]. The Kier molecular flexibility index (Phi) is 4.94. The Hall–Kier alpha value is -2.53. The molecule has 1 rings (SSSR count). The summed E-state index contributed by atoms with van der Waals surface area (Å²) in [7, 11) is -4.14. The lowest BCUT2D eigenvalue weighted by atomic mass is 10.2. The Balaban J connectivity index is 3.17. The van der Waals surface area contributed by atoms with Crippen molar-refractivity contribution in [1.29, 1.82) is 0 Å². The number of nitrogens with zero attached hydrogens (tertiary/aromatic N) is 1. The van der Waals surface area contributed by atoms with Crippen LogP contribution in [0.3, 0.4) is 0 Å². The van der Waals surface area contributed by atoms with E-state index in [2.05, 4.69) is 4.74 Å². The second kappa shape index (κ2) is 6.28. The molecule has 0 saturated heterocycles. The van der Waals surface area contributed by atoms with Crippen LogP contribution in [0, 0.1) is 10.1 Å². The monoisotopic (exact) mass is 317 g/mol. The van der Waals surface area contributed by atoms with Gasteiger partial charge in [-0.15, -0.1) is 0 Å². The molecular weight excluding hydrogens is 306 g/mol. The highest BCUT2D eigenvalue weighted by atomic mass is 32.2. The van der Waals surface area contributed by atoms with Gasteiger partial charge in [0, 0.05) is 6.07 Å². The number of sulfonamides is 1. The lowest BCUT2D eigenvalue weighted by Crippen LogP contribution is -2.25. The van der Waals surface area contributed by atoms with Crippen molar-refractivity contribution in [3.8, 4) is 0 Å². The van der Waals surface area contributed by atoms with Gasteiger partial charge in [-0.25, -0.2) is 18.4 Å². The van der Waals surface area contributed by atoms with E-state index in [1.807, 2.05) is 5.32 Å². The van der Waals surface area contributed by atoms with Gasteiger partial charge in [0.15, 0.2) is 0 Å². The van der Waals surface area contributed by atoms with Crippen LogP contribution in [0.2, 0.25) is 0 Å². The van der Waals surface area contributed by atoms with Crippen LogP contribution in [0.5, 0.6) is 0 Å². The van der Waals surface area contributed by atoms with E-state index >= 15 is 0 Å². The number of benzene rings is 1. The summed E-state index contributed by atoms with van der Waals surface area (Å²) in [6, 6.07) is 2.59. The predicted molar refractivity (Wildman–Crippen MR) is 69.7 cm³/mol. The number of hydrogen-bond donors (Lipinski definition) is 2. The zero-order chi connectivity index (χ0) is 16.2. The van der Waals surface area contributed by atoms with Gasteiger partial charge in [0.1, 0.15) is 5.69 Å². The number of nitro benzene ring substituents is 1. The van der Waals surface area contributed by atoms with Gasteiger partial charge < -0.3 is 10.1 Å². The topological polar surface area (TPSA) is 159 Å². The molecule has 0 fully saturated rings. The molecule has 10 nitrogen and oxygen atoms in total. The first-order valence-electron chi connectivity index (χ1n) is 5.46. The first-order valence-corrected chi connectivity index (χ1v) is 7.00. The first kappa shape index (κ1) is 16.5. The molecule has 1 amide bonds. The minimum Gasteiger partial charge on any atom is -0.459 e. The number of nitrogens with two attached hydrogens (primary N) is 1. The normalized spacial score (nSPS) is 10.8. The number of esters is 1. The van der Waals surface area contributed by atoms with E-state index in [-0.39, 0.29) is 12.3 Å². The third-order valence-corrected chi connectivity index (χ3v) is 3.11. The molecule has 114 valence electrons. The fourth-order valence-corrected chi connectivity index (χ4v) is 1.85. The van der Waals surface area contributed by atoms with Crippen LogP contribution >= 0.6 is 0 Å². The van der Waals surface area contributed by atoms with E-state index in [9.17, 15) is 28.1 Å². The van der Waals surface area contributed by atoms with Crippen LogP contribution in [-0.2, 0) is 24.3 Å². The summed E-state index contributed by atoms with van der Waals surface area (Å²) >= 11 is 0. The molecular formula is C10H11N3O7S. The average Bonchev–Trinajstić information content (AvgIpc) is 2.37. The number of rotatable bonds is 4. The van der Waals surface area contributed by atoms with Gasteiger partial charge in [-0.2, -0.15) is 0 Å². The highest BCUT2D eigenvalue weighted by Crippen LogP contribution is 2.27. The maximum absolute atomic E-state index is 11.4. The number of carbonyl (C=O) groups excluding carboxylic acids is 2. The Morgan fingerprint density at radius 3 is 2.52 bits per heavy atom. The number of primary sulfonamides is 1. The Bertz CT molecular complexity index is 699. The molecule has 0 bridgehead atoms. The molecule has 11 heteroatoms. The van der Waals surface area contributed by atoms with Crippen molar-refractivity contribution in [1.82, 2.24) is 0 Å². The van der Waals surface area contributed by atoms with Crippen molar-refractivity contribution < 1.29 is 27.7 Å². The number of amides is 1. The number of carbonyl (C=O) groups is 2. The van der Waals surface area contributed by atoms with Gasteiger partial charge in [-0.05, 0) is 19.1 Å². The molecule has 0 saturated carbocycles. The molecule has 21 heavy (non-hydrogen) atoms. The average molecular weight is 317 g/mol. The molecule has 0 unspecified atom stereocenters. The number of anilines is 1. The van der Waals surface area contributed by atoms with E-state index in [1.54, 1.807) is 0 Å². The summed E-state index contributed by atoms with van der Waals surface area (Å²) in [5.74, 6) is -2.44. The van der Waals surface area contributed by atoms with Gasteiger partial charge >= 0.3 is 11.9 Å². The van der Waals surface area contributed by atoms with E-state index in [1.165, 1.54) is 6.92 Å². The fourth-order valence-electron chi connectivity index (χ4n) is 1.32. The number of nitrogens with one attached hydrogen (secondary N) is 1. The van der Waals surface area contributed by atoms with Crippen molar-refractivity contribution in [3.05, 3.63) is 28.3 Å². The Morgan fingerprint density at radius 2 is 2.05 bits per heavy atom. The lowest BCUT2D eigenvalue weighted by molar-refractivity contribution is -0.384. The maximum Gasteiger partial charge on any atom is 0.397 e. The smallest absolute Gasteiger partial charge is 0.397 e. The zero-order valence-corrected chi connectivity index (χ0v) is 11.5. The van der Waals surface area contributed by atoms with Crippen molar-refractivity contribution in [3.63, 3.8) is 0 Å². The molecule has 0 heterocycles. The molecule has 0 aliphatic carbocycles. The second-order valence-corrected chi connectivity index (χ2v) is 5.22. The molecule has 0 aromatic heterocycles. The quantitative estimate of drug-likeness (QED) is 0.335. The third-order valence-electron chi connectivity index (χ3n) is 2.20. The van der Waals surface area contributed by atoms with Crippen LogP contribution < -0.4 is 10.5 Å². The number of ether oxygens (including phenoxy) is 1. The summed E-state index contributed by atoms with van der Waals surface area (Å²) < 4.78 is 26.7. The summed E-state index contributed by atoms with van der Waals surface area (Å²) in [5, 5.41) is 17.7. The van der Waals surface area contributed by atoms with Crippen molar-refractivity contribution in [2.24, 2.45) is 5.14 Å². The molecule has 0 aliphatic rings. The summed E-state index contributed by atoms with van der Waals surface area (Å²) in [5.41, 5.74) is -1.08. The molecule has 1 aromatic rings. The highest BCUT2D eigenvalue weighted by Gasteiger charge is 2.23. The molecule has 3 N–H and O–H groups in total.